The molecule has 0 aliphatic heterocycles. The van der Waals surface area contributed by atoms with E-state index in [0.717, 1.165) is 23.9 Å². The predicted molar refractivity (Wildman–Crippen MR) is 81.9 cm³/mol. The molecule has 1 nitrogen and oxygen atoms in total. The number of hydrogen-bond acceptors (Lipinski definition) is 1. The van der Waals surface area contributed by atoms with Crippen LogP contribution in [0.4, 0.5) is 0 Å². The second-order valence-electron chi connectivity index (χ2n) is 7.16. The van der Waals surface area contributed by atoms with Crippen LogP contribution >= 0.6 is 0 Å². The zero-order chi connectivity index (χ0) is 13.4. The third-order valence-electron chi connectivity index (χ3n) is 4.09. The molecule has 0 unspecified atom stereocenters. The zero-order valence-corrected chi connectivity index (χ0v) is 13.2. The molecule has 0 radical (unpaired) electrons. The number of hydrogen-bond donors (Lipinski definition) is 1. The maximum atomic E-state index is 3.99. The first-order valence-corrected chi connectivity index (χ1v) is 8.34. The molecule has 1 aliphatic carbocycles. The third kappa shape index (κ3) is 7.41. The molecule has 0 saturated heterocycles. The highest BCUT2D eigenvalue weighted by atomic mass is 14.9. The summed E-state index contributed by atoms with van der Waals surface area (Å²) in [5.41, 5.74) is 0. The summed E-state index contributed by atoms with van der Waals surface area (Å²) in [4.78, 5) is 0. The molecule has 0 bridgehead atoms. The topological polar surface area (TPSA) is 12.0 Å². The van der Waals surface area contributed by atoms with Gasteiger partial charge < -0.3 is 5.32 Å². The Morgan fingerprint density at radius 1 is 0.778 bits per heavy atom. The maximum absolute atomic E-state index is 3.99. The quantitative estimate of drug-likeness (QED) is 0.690. The first-order valence-electron chi connectivity index (χ1n) is 8.34. The molecule has 0 amide bonds. The minimum Gasteiger partial charge on any atom is -0.311 e. The van der Waals surface area contributed by atoms with Gasteiger partial charge in [0.25, 0.3) is 0 Å². The minimum atomic E-state index is 0.745. The van der Waals surface area contributed by atoms with Crippen LogP contribution in [0.25, 0.3) is 0 Å². The first-order chi connectivity index (χ1) is 8.58. The number of nitrogens with one attached hydrogen (secondary N) is 1. The summed E-state index contributed by atoms with van der Waals surface area (Å²) in [5, 5.41) is 3.99. The smallest absolute Gasteiger partial charge is 0.00745 e. The van der Waals surface area contributed by atoms with Crippen LogP contribution in [-0.2, 0) is 0 Å². The van der Waals surface area contributed by atoms with Crippen molar-refractivity contribution in [2.24, 2.45) is 11.8 Å². The zero-order valence-electron chi connectivity index (χ0n) is 13.2. The van der Waals surface area contributed by atoms with Crippen LogP contribution in [0.5, 0.6) is 0 Å². The van der Waals surface area contributed by atoms with Gasteiger partial charge >= 0.3 is 0 Å². The van der Waals surface area contributed by atoms with E-state index in [9.17, 15) is 0 Å². The molecular formula is C17H35N. The summed E-state index contributed by atoms with van der Waals surface area (Å²) in [5.74, 6) is 1.63. The molecule has 1 rings (SSSR count). The van der Waals surface area contributed by atoms with E-state index in [1.54, 1.807) is 0 Å². The lowest BCUT2D eigenvalue weighted by Gasteiger charge is -2.29. The van der Waals surface area contributed by atoms with E-state index < -0.39 is 0 Å². The fourth-order valence-corrected chi connectivity index (χ4v) is 3.33. The van der Waals surface area contributed by atoms with Gasteiger partial charge in [-0.1, -0.05) is 59.8 Å². The molecule has 1 N–H and O–H groups in total. The summed E-state index contributed by atoms with van der Waals surface area (Å²) in [7, 11) is 0. The van der Waals surface area contributed by atoms with Crippen molar-refractivity contribution in [3.8, 4) is 0 Å². The van der Waals surface area contributed by atoms with E-state index in [1.165, 1.54) is 57.8 Å². The Bertz CT molecular complexity index is 180. The predicted octanol–water partition coefficient (Wildman–Crippen LogP) is 5.15. The lowest BCUT2D eigenvalue weighted by Crippen LogP contribution is -2.40. The van der Waals surface area contributed by atoms with Gasteiger partial charge in [-0.25, -0.2) is 0 Å². The highest BCUT2D eigenvalue weighted by Crippen LogP contribution is 2.20. The van der Waals surface area contributed by atoms with E-state index in [-0.39, 0.29) is 0 Å². The molecule has 0 atom stereocenters. The summed E-state index contributed by atoms with van der Waals surface area (Å²) >= 11 is 0. The average Bonchev–Trinajstić information content (AvgIpc) is 2.19. The number of rotatable bonds is 6. The third-order valence-corrected chi connectivity index (χ3v) is 4.09. The van der Waals surface area contributed by atoms with Gasteiger partial charge in [-0.2, -0.15) is 0 Å². The molecule has 18 heavy (non-hydrogen) atoms. The fraction of sp³-hybridized carbons (Fsp3) is 1.00. The molecule has 108 valence electrons. The molecule has 0 spiro atoms. The first kappa shape index (κ1) is 16.0. The van der Waals surface area contributed by atoms with Gasteiger partial charge in [0.2, 0.25) is 0 Å². The molecule has 1 fully saturated rings. The Kier molecular flexibility index (Phi) is 7.97. The van der Waals surface area contributed by atoms with Gasteiger partial charge in [-0.15, -0.1) is 0 Å². The van der Waals surface area contributed by atoms with E-state index in [0.29, 0.717) is 0 Å². The Labute approximate surface area is 115 Å². The monoisotopic (exact) mass is 253 g/mol. The molecule has 0 heterocycles. The molecule has 1 aliphatic rings. The van der Waals surface area contributed by atoms with Gasteiger partial charge in [0.1, 0.15) is 0 Å². The lowest BCUT2D eigenvalue weighted by atomic mass is 9.92. The summed E-state index contributed by atoms with van der Waals surface area (Å²) < 4.78 is 0. The van der Waals surface area contributed by atoms with Crippen molar-refractivity contribution in [3.05, 3.63) is 0 Å². The molecule has 0 aromatic carbocycles. The van der Waals surface area contributed by atoms with Gasteiger partial charge in [-0.05, 0) is 37.5 Å². The molecule has 1 saturated carbocycles. The van der Waals surface area contributed by atoms with Crippen LogP contribution < -0.4 is 5.32 Å². The van der Waals surface area contributed by atoms with E-state index in [2.05, 4.69) is 33.0 Å². The van der Waals surface area contributed by atoms with Crippen LogP contribution in [-0.4, -0.2) is 12.1 Å². The highest BCUT2D eigenvalue weighted by molar-refractivity contribution is 4.77. The van der Waals surface area contributed by atoms with Crippen molar-refractivity contribution in [2.45, 2.75) is 97.6 Å². The van der Waals surface area contributed by atoms with Gasteiger partial charge in [-0.3, -0.25) is 0 Å². The summed E-state index contributed by atoms with van der Waals surface area (Å²) in [6.45, 7) is 9.42. The van der Waals surface area contributed by atoms with Crippen LogP contribution in [0.3, 0.4) is 0 Å². The van der Waals surface area contributed by atoms with Crippen molar-refractivity contribution in [2.75, 3.05) is 0 Å². The standard InChI is InChI=1S/C17H35N/c1-14(2)12-17(13-15(3)4)18-16-10-8-6-5-7-9-11-16/h14-18H,5-13H2,1-4H3. The maximum Gasteiger partial charge on any atom is 0.00745 e. The molecule has 1 heteroatoms. The minimum absolute atomic E-state index is 0.745. The summed E-state index contributed by atoms with van der Waals surface area (Å²) in [6.07, 6.45) is 12.8. The Morgan fingerprint density at radius 3 is 1.67 bits per heavy atom. The van der Waals surface area contributed by atoms with E-state index in [4.69, 9.17) is 0 Å². The van der Waals surface area contributed by atoms with Crippen LogP contribution in [0.2, 0.25) is 0 Å². The van der Waals surface area contributed by atoms with Crippen LogP contribution in [0.1, 0.15) is 85.5 Å². The van der Waals surface area contributed by atoms with E-state index in [1.807, 2.05) is 0 Å². The second-order valence-corrected chi connectivity index (χ2v) is 7.16. The largest absolute Gasteiger partial charge is 0.311 e. The Hall–Kier alpha value is -0.0400. The normalized spacial score (nSPS) is 19.5. The van der Waals surface area contributed by atoms with Gasteiger partial charge in [0.15, 0.2) is 0 Å². The molecule has 0 aromatic rings. The second kappa shape index (κ2) is 8.96. The fourth-order valence-electron chi connectivity index (χ4n) is 3.33. The van der Waals surface area contributed by atoms with Gasteiger partial charge in [0, 0.05) is 12.1 Å². The van der Waals surface area contributed by atoms with E-state index >= 15 is 0 Å². The summed E-state index contributed by atoms with van der Waals surface area (Å²) in [6, 6.07) is 1.54. The average molecular weight is 253 g/mol. The highest BCUT2D eigenvalue weighted by Gasteiger charge is 2.18. The molecule has 0 aromatic heterocycles. The lowest BCUT2D eigenvalue weighted by molar-refractivity contribution is 0.294. The van der Waals surface area contributed by atoms with Crippen molar-refractivity contribution in [1.82, 2.24) is 5.32 Å². The molecular weight excluding hydrogens is 218 g/mol. The van der Waals surface area contributed by atoms with Crippen molar-refractivity contribution >= 4 is 0 Å². The van der Waals surface area contributed by atoms with Crippen LogP contribution in [0.15, 0.2) is 0 Å². The van der Waals surface area contributed by atoms with Crippen molar-refractivity contribution < 1.29 is 0 Å². The van der Waals surface area contributed by atoms with Gasteiger partial charge in [0.05, 0.1) is 0 Å². The Balaban J connectivity index is 2.40. The van der Waals surface area contributed by atoms with Crippen molar-refractivity contribution in [3.63, 3.8) is 0 Å². The Morgan fingerprint density at radius 2 is 1.22 bits per heavy atom. The SMILES string of the molecule is CC(C)CC(CC(C)C)NC1CCCCCCC1. The van der Waals surface area contributed by atoms with Crippen LogP contribution in [0, 0.1) is 11.8 Å². The van der Waals surface area contributed by atoms with Crippen molar-refractivity contribution in [1.29, 1.82) is 0 Å².